The molecule has 0 bridgehead atoms. The van der Waals surface area contributed by atoms with Gasteiger partial charge in [0, 0.05) is 7.05 Å². The Bertz CT molecular complexity index is 521. The molecule has 17 heavy (non-hydrogen) atoms. The van der Waals surface area contributed by atoms with Gasteiger partial charge in [-0.25, -0.2) is 12.8 Å². The molecule has 0 amide bonds. The first kappa shape index (κ1) is 13.6. The van der Waals surface area contributed by atoms with Crippen molar-refractivity contribution >= 4 is 16.0 Å². The monoisotopic (exact) mass is 261 g/mol. The van der Waals surface area contributed by atoms with Gasteiger partial charge in [0.1, 0.15) is 12.4 Å². The molecule has 1 aromatic rings. The maximum absolute atomic E-state index is 13.1. The number of carboxylic acids is 1. The van der Waals surface area contributed by atoms with Crippen molar-refractivity contribution in [1.82, 2.24) is 4.31 Å². The smallest absolute Gasteiger partial charge is 0.318 e. The van der Waals surface area contributed by atoms with E-state index >= 15 is 0 Å². The summed E-state index contributed by atoms with van der Waals surface area (Å²) in [5.74, 6) is -1.95. The molecule has 5 nitrogen and oxygen atoms in total. The van der Waals surface area contributed by atoms with Crippen molar-refractivity contribution in [2.75, 3.05) is 13.6 Å². The Labute approximate surface area is 98.5 Å². The molecular formula is C10H12FNO4S. The van der Waals surface area contributed by atoms with E-state index in [2.05, 4.69) is 0 Å². The van der Waals surface area contributed by atoms with Crippen LogP contribution in [0.3, 0.4) is 0 Å². The van der Waals surface area contributed by atoms with Crippen LogP contribution in [0.4, 0.5) is 4.39 Å². The Morgan fingerprint density at radius 3 is 2.47 bits per heavy atom. The Balaban J connectivity index is 3.17. The molecule has 0 saturated heterocycles. The summed E-state index contributed by atoms with van der Waals surface area (Å²) in [7, 11) is -2.84. The van der Waals surface area contributed by atoms with E-state index in [4.69, 9.17) is 5.11 Å². The second-order valence-electron chi connectivity index (χ2n) is 3.62. The van der Waals surface area contributed by atoms with E-state index in [1.165, 1.54) is 12.1 Å². The van der Waals surface area contributed by atoms with Gasteiger partial charge in [0.2, 0.25) is 10.0 Å². The Hall–Kier alpha value is -1.47. The lowest BCUT2D eigenvalue weighted by atomic mass is 10.2. The van der Waals surface area contributed by atoms with E-state index in [0.717, 1.165) is 13.1 Å². The fourth-order valence-electron chi connectivity index (χ4n) is 1.31. The normalized spacial score (nSPS) is 11.8. The zero-order chi connectivity index (χ0) is 13.2. The molecule has 0 aliphatic carbocycles. The number of hydrogen-bond donors (Lipinski definition) is 1. The number of carbonyl (C=O) groups is 1. The summed E-state index contributed by atoms with van der Waals surface area (Å²) in [6.45, 7) is 0.886. The van der Waals surface area contributed by atoms with E-state index in [0.29, 0.717) is 9.87 Å². The lowest BCUT2D eigenvalue weighted by Crippen LogP contribution is -2.32. The third-order valence-electron chi connectivity index (χ3n) is 2.08. The first-order valence-electron chi connectivity index (χ1n) is 4.69. The van der Waals surface area contributed by atoms with Gasteiger partial charge in [-0.3, -0.25) is 4.79 Å². The molecule has 94 valence electrons. The molecule has 0 radical (unpaired) electrons. The first-order valence-corrected chi connectivity index (χ1v) is 6.13. The van der Waals surface area contributed by atoms with Gasteiger partial charge in [0.05, 0.1) is 4.90 Å². The molecule has 1 N–H and O–H groups in total. The van der Waals surface area contributed by atoms with Crippen LogP contribution >= 0.6 is 0 Å². The number of aryl methyl sites for hydroxylation is 1. The van der Waals surface area contributed by atoms with Gasteiger partial charge in [-0.1, -0.05) is 0 Å². The summed E-state index contributed by atoms with van der Waals surface area (Å²) in [6.07, 6.45) is 0. The third-order valence-corrected chi connectivity index (χ3v) is 3.86. The van der Waals surface area contributed by atoms with Crippen molar-refractivity contribution in [3.05, 3.63) is 29.6 Å². The van der Waals surface area contributed by atoms with E-state index in [-0.39, 0.29) is 4.90 Å². The molecule has 0 unspecified atom stereocenters. The molecule has 0 aromatic heterocycles. The van der Waals surface area contributed by atoms with Crippen LogP contribution in [-0.4, -0.2) is 37.4 Å². The van der Waals surface area contributed by atoms with Crippen molar-refractivity contribution in [3.63, 3.8) is 0 Å². The predicted molar refractivity (Wildman–Crippen MR) is 58.6 cm³/mol. The Kier molecular flexibility index (Phi) is 3.84. The summed E-state index contributed by atoms with van der Waals surface area (Å²) in [6, 6.07) is 3.34. The van der Waals surface area contributed by atoms with Crippen LogP contribution in [0.25, 0.3) is 0 Å². The highest BCUT2D eigenvalue weighted by Crippen LogP contribution is 2.17. The number of aliphatic carboxylic acids is 1. The molecule has 0 aliphatic heterocycles. The summed E-state index contributed by atoms with van der Waals surface area (Å²) in [4.78, 5) is 10.2. The number of sulfonamides is 1. The number of benzene rings is 1. The van der Waals surface area contributed by atoms with Gasteiger partial charge in [-0.2, -0.15) is 4.31 Å². The molecule has 0 aliphatic rings. The minimum atomic E-state index is -3.97. The lowest BCUT2D eigenvalue weighted by Gasteiger charge is -2.15. The van der Waals surface area contributed by atoms with E-state index in [1.54, 1.807) is 6.92 Å². The van der Waals surface area contributed by atoms with Gasteiger partial charge >= 0.3 is 5.97 Å². The standard InChI is InChI=1S/C10H12FNO4S/c1-7-3-8(11)5-9(4-7)17(15,16)12(2)6-10(13)14/h3-5H,6H2,1-2H3,(H,13,14). The van der Waals surface area contributed by atoms with Crippen LogP contribution in [0, 0.1) is 12.7 Å². The summed E-state index contributed by atoms with van der Waals surface area (Å²) in [5, 5.41) is 8.52. The fourth-order valence-corrected chi connectivity index (χ4v) is 2.54. The highest BCUT2D eigenvalue weighted by atomic mass is 32.2. The van der Waals surface area contributed by atoms with E-state index in [1.807, 2.05) is 0 Å². The predicted octanol–water partition coefficient (Wildman–Crippen LogP) is 0.839. The molecule has 0 heterocycles. The van der Waals surface area contributed by atoms with Crippen LogP contribution < -0.4 is 0 Å². The van der Waals surface area contributed by atoms with Gasteiger partial charge in [0.25, 0.3) is 0 Å². The number of rotatable bonds is 4. The third kappa shape index (κ3) is 3.24. The molecule has 1 rings (SSSR count). The maximum atomic E-state index is 13.1. The van der Waals surface area contributed by atoms with Crippen molar-refractivity contribution in [3.8, 4) is 0 Å². The Morgan fingerprint density at radius 1 is 1.41 bits per heavy atom. The maximum Gasteiger partial charge on any atom is 0.318 e. The molecule has 0 saturated carbocycles. The number of nitrogens with zero attached hydrogens (tertiary/aromatic N) is 1. The highest BCUT2D eigenvalue weighted by Gasteiger charge is 2.23. The van der Waals surface area contributed by atoms with Crippen molar-refractivity contribution in [2.45, 2.75) is 11.8 Å². The molecular weight excluding hydrogens is 249 g/mol. The average molecular weight is 261 g/mol. The zero-order valence-electron chi connectivity index (χ0n) is 9.34. The molecule has 7 heteroatoms. The quantitative estimate of drug-likeness (QED) is 0.871. The Morgan fingerprint density at radius 2 is 2.00 bits per heavy atom. The van der Waals surface area contributed by atoms with Gasteiger partial charge in [0.15, 0.2) is 0 Å². The second kappa shape index (κ2) is 4.80. The zero-order valence-corrected chi connectivity index (χ0v) is 10.2. The van der Waals surface area contributed by atoms with E-state index in [9.17, 15) is 17.6 Å². The van der Waals surface area contributed by atoms with Crippen molar-refractivity contribution in [1.29, 1.82) is 0 Å². The minimum Gasteiger partial charge on any atom is -0.480 e. The van der Waals surface area contributed by atoms with Crippen molar-refractivity contribution in [2.24, 2.45) is 0 Å². The SMILES string of the molecule is Cc1cc(F)cc(S(=O)(=O)N(C)CC(=O)O)c1. The molecule has 0 fully saturated rings. The lowest BCUT2D eigenvalue weighted by molar-refractivity contribution is -0.137. The van der Waals surface area contributed by atoms with Crippen LogP contribution in [-0.2, 0) is 14.8 Å². The van der Waals surface area contributed by atoms with Crippen LogP contribution in [0.15, 0.2) is 23.1 Å². The summed E-state index contributed by atoms with van der Waals surface area (Å²) < 4.78 is 37.5. The van der Waals surface area contributed by atoms with E-state index < -0.39 is 28.4 Å². The molecule has 0 spiro atoms. The highest BCUT2D eigenvalue weighted by molar-refractivity contribution is 7.89. The number of hydrogen-bond acceptors (Lipinski definition) is 3. The first-order chi connectivity index (χ1) is 7.73. The minimum absolute atomic E-state index is 0.251. The fraction of sp³-hybridized carbons (Fsp3) is 0.300. The van der Waals surface area contributed by atoms with Crippen molar-refractivity contribution < 1.29 is 22.7 Å². The largest absolute Gasteiger partial charge is 0.480 e. The summed E-state index contributed by atoms with van der Waals surface area (Å²) in [5.41, 5.74) is 0.451. The molecule has 1 aromatic carbocycles. The van der Waals surface area contributed by atoms with Gasteiger partial charge in [-0.05, 0) is 30.7 Å². The topological polar surface area (TPSA) is 74.7 Å². The number of halogens is 1. The average Bonchev–Trinajstić information content (AvgIpc) is 2.14. The van der Waals surface area contributed by atoms with Crippen LogP contribution in [0.1, 0.15) is 5.56 Å². The molecule has 0 atom stereocenters. The number of carboxylic acid groups (broad SMARTS) is 1. The van der Waals surface area contributed by atoms with Gasteiger partial charge < -0.3 is 5.11 Å². The number of likely N-dealkylation sites (N-methyl/N-ethyl adjacent to an activating group) is 1. The van der Waals surface area contributed by atoms with Gasteiger partial charge in [-0.15, -0.1) is 0 Å². The second-order valence-corrected chi connectivity index (χ2v) is 5.66. The van der Waals surface area contributed by atoms with Crippen LogP contribution in [0.5, 0.6) is 0 Å². The van der Waals surface area contributed by atoms with Crippen LogP contribution in [0.2, 0.25) is 0 Å². The summed E-state index contributed by atoms with van der Waals surface area (Å²) >= 11 is 0.